The molecule has 4 aromatic rings. The summed E-state index contributed by atoms with van der Waals surface area (Å²) in [5.41, 5.74) is 3.61. The van der Waals surface area contributed by atoms with E-state index in [1.54, 1.807) is 18.2 Å². The molecule has 4 nitrogen and oxygen atoms in total. The fourth-order valence-electron chi connectivity index (χ4n) is 4.23. The van der Waals surface area contributed by atoms with Gasteiger partial charge in [0.25, 0.3) is 5.91 Å². The van der Waals surface area contributed by atoms with Crippen LogP contribution in [0.1, 0.15) is 34.8 Å². The second-order valence-electron chi connectivity index (χ2n) is 7.24. The van der Waals surface area contributed by atoms with Gasteiger partial charge in [0.1, 0.15) is 11.5 Å². The Hall–Kier alpha value is -3.08. The minimum absolute atomic E-state index is 0.0528. The van der Waals surface area contributed by atoms with E-state index in [1.165, 1.54) is 17.0 Å². The fraction of sp³-hybridized carbons (Fsp3) is 0.227. The number of H-pyrrole nitrogens is 2. The molecule has 0 atom stereocenters. The Balaban J connectivity index is 1.33. The summed E-state index contributed by atoms with van der Waals surface area (Å²) >= 11 is 0. The number of para-hydroxylation sites is 1. The Morgan fingerprint density at radius 2 is 1.78 bits per heavy atom. The van der Waals surface area contributed by atoms with Gasteiger partial charge in [-0.3, -0.25) is 4.79 Å². The molecule has 2 aromatic carbocycles. The van der Waals surface area contributed by atoms with Crippen molar-refractivity contribution in [3.8, 4) is 0 Å². The van der Waals surface area contributed by atoms with Crippen LogP contribution < -0.4 is 0 Å². The molecule has 0 bridgehead atoms. The summed E-state index contributed by atoms with van der Waals surface area (Å²) in [6.07, 6.45) is 3.97. The maximum Gasteiger partial charge on any atom is 0.270 e. The summed E-state index contributed by atoms with van der Waals surface area (Å²) < 4.78 is 13.9. The lowest BCUT2D eigenvalue weighted by Gasteiger charge is -2.31. The average Bonchev–Trinajstić information content (AvgIpc) is 3.33. The number of fused-ring (bicyclic) bond motifs is 2. The van der Waals surface area contributed by atoms with Gasteiger partial charge in [0.15, 0.2) is 0 Å². The molecule has 0 aliphatic carbocycles. The van der Waals surface area contributed by atoms with Crippen molar-refractivity contribution in [3.63, 3.8) is 0 Å². The van der Waals surface area contributed by atoms with Crippen molar-refractivity contribution in [1.82, 2.24) is 14.9 Å². The summed E-state index contributed by atoms with van der Waals surface area (Å²) in [4.78, 5) is 21.1. The number of nitrogens with one attached hydrogen (secondary N) is 2. The number of carbonyl (C=O) groups is 1. The lowest BCUT2D eigenvalue weighted by molar-refractivity contribution is 0.0708. The van der Waals surface area contributed by atoms with E-state index in [-0.39, 0.29) is 11.7 Å². The van der Waals surface area contributed by atoms with Crippen LogP contribution in [0.5, 0.6) is 0 Å². The van der Waals surface area contributed by atoms with E-state index in [1.807, 2.05) is 11.0 Å². The first-order valence-electron chi connectivity index (χ1n) is 9.33. The summed E-state index contributed by atoms with van der Waals surface area (Å²) in [5.74, 6) is 0.0918. The van der Waals surface area contributed by atoms with E-state index in [9.17, 15) is 9.18 Å². The van der Waals surface area contributed by atoms with Gasteiger partial charge < -0.3 is 14.9 Å². The normalized spacial score (nSPS) is 15.7. The molecule has 1 fully saturated rings. The van der Waals surface area contributed by atoms with E-state index >= 15 is 0 Å². The van der Waals surface area contributed by atoms with Crippen LogP contribution in [-0.2, 0) is 0 Å². The third-order valence-corrected chi connectivity index (χ3v) is 5.68. The Morgan fingerprint density at radius 3 is 2.59 bits per heavy atom. The molecule has 5 heteroatoms. The summed E-state index contributed by atoms with van der Waals surface area (Å²) in [5, 5.41) is 1.74. The van der Waals surface area contributed by atoms with Crippen molar-refractivity contribution in [3.05, 3.63) is 71.8 Å². The molecule has 2 N–H and O–H groups in total. The molecule has 3 heterocycles. The van der Waals surface area contributed by atoms with Crippen LogP contribution in [0.2, 0.25) is 0 Å². The Bertz CT molecular complexity index is 1130. The number of aromatic nitrogens is 2. The lowest BCUT2D eigenvalue weighted by atomic mass is 9.89. The van der Waals surface area contributed by atoms with Gasteiger partial charge in [0, 0.05) is 41.1 Å². The molecule has 1 aliphatic heterocycles. The topological polar surface area (TPSA) is 51.9 Å². The number of benzene rings is 2. The average molecular weight is 361 g/mol. The van der Waals surface area contributed by atoms with Crippen molar-refractivity contribution < 1.29 is 9.18 Å². The third-order valence-electron chi connectivity index (χ3n) is 5.68. The standard InChI is InChI=1S/C22H20FN3O/c23-18-5-3-7-20-16(18)12-21(25-20)22(27)26-10-8-14(9-11-26)17-13-24-19-6-2-1-4-15(17)19/h1-7,12-14,24-25H,8-11H2. The molecule has 0 radical (unpaired) electrons. The van der Waals surface area contributed by atoms with Crippen LogP contribution in [0, 0.1) is 5.82 Å². The van der Waals surface area contributed by atoms with Crippen molar-refractivity contribution >= 4 is 27.7 Å². The highest BCUT2D eigenvalue weighted by Gasteiger charge is 2.27. The quantitative estimate of drug-likeness (QED) is 0.529. The van der Waals surface area contributed by atoms with Crippen LogP contribution in [0.3, 0.4) is 0 Å². The predicted octanol–water partition coefficient (Wildman–Crippen LogP) is 4.81. The monoisotopic (exact) mass is 361 g/mol. The summed E-state index contributed by atoms with van der Waals surface area (Å²) in [7, 11) is 0. The second kappa shape index (κ2) is 6.27. The third kappa shape index (κ3) is 2.70. The Kier molecular flexibility index (Phi) is 3.74. The molecule has 1 amide bonds. The van der Waals surface area contributed by atoms with Crippen molar-refractivity contribution in [1.29, 1.82) is 0 Å². The molecule has 5 rings (SSSR count). The van der Waals surface area contributed by atoms with Crippen molar-refractivity contribution in [2.24, 2.45) is 0 Å². The summed E-state index contributed by atoms with van der Waals surface area (Å²) in [6.45, 7) is 1.42. The second-order valence-corrected chi connectivity index (χ2v) is 7.24. The number of aromatic amines is 2. The van der Waals surface area contributed by atoms with Gasteiger partial charge in [-0.25, -0.2) is 4.39 Å². The van der Waals surface area contributed by atoms with E-state index in [2.05, 4.69) is 34.4 Å². The number of amides is 1. The molecular formula is C22H20FN3O. The molecule has 1 aliphatic rings. The SMILES string of the molecule is O=C(c1cc2c(F)cccc2[nH]1)N1CCC(c2c[nH]c3ccccc23)CC1. The zero-order valence-electron chi connectivity index (χ0n) is 14.8. The first-order valence-corrected chi connectivity index (χ1v) is 9.33. The first-order chi connectivity index (χ1) is 13.2. The zero-order chi connectivity index (χ0) is 18.4. The minimum Gasteiger partial charge on any atom is -0.361 e. The van der Waals surface area contributed by atoms with Gasteiger partial charge in [-0.2, -0.15) is 0 Å². The Labute approximate surface area is 156 Å². The molecule has 27 heavy (non-hydrogen) atoms. The number of hydrogen-bond donors (Lipinski definition) is 2. The smallest absolute Gasteiger partial charge is 0.270 e. The highest BCUT2D eigenvalue weighted by atomic mass is 19.1. The zero-order valence-corrected chi connectivity index (χ0v) is 14.8. The number of piperidine rings is 1. The molecule has 0 spiro atoms. The largest absolute Gasteiger partial charge is 0.361 e. The van der Waals surface area contributed by atoms with Crippen molar-refractivity contribution in [2.75, 3.05) is 13.1 Å². The van der Waals surface area contributed by atoms with Crippen LogP contribution in [-0.4, -0.2) is 33.9 Å². The lowest BCUT2D eigenvalue weighted by Crippen LogP contribution is -2.38. The molecule has 2 aromatic heterocycles. The van der Waals surface area contributed by atoms with Gasteiger partial charge in [0.2, 0.25) is 0 Å². The minimum atomic E-state index is -0.305. The Morgan fingerprint density at radius 1 is 1.00 bits per heavy atom. The molecule has 136 valence electrons. The number of carbonyl (C=O) groups excluding carboxylic acids is 1. The fourth-order valence-corrected chi connectivity index (χ4v) is 4.23. The van der Waals surface area contributed by atoms with Crippen LogP contribution >= 0.6 is 0 Å². The molecule has 0 unspecified atom stereocenters. The highest BCUT2D eigenvalue weighted by molar-refractivity contribution is 5.98. The van der Waals surface area contributed by atoms with Crippen LogP contribution in [0.25, 0.3) is 21.8 Å². The number of rotatable bonds is 2. The number of halogens is 1. The van der Waals surface area contributed by atoms with Crippen LogP contribution in [0.4, 0.5) is 4.39 Å². The van der Waals surface area contributed by atoms with Gasteiger partial charge in [-0.05, 0) is 48.6 Å². The molecule has 0 saturated carbocycles. The van der Waals surface area contributed by atoms with Gasteiger partial charge in [-0.1, -0.05) is 24.3 Å². The van der Waals surface area contributed by atoms with E-state index in [0.717, 1.165) is 18.4 Å². The number of hydrogen-bond acceptors (Lipinski definition) is 1. The number of nitrogens with zero attached hydrogens (tertiary/aromatic N) is 1. The maximum absolute atomic E-state index is 13.9. The maximum atomic E-state index is 13.9. The van der Waals surface area contributed by atoms with Gasteiger partial charge in [0.05, 0.1) is 0 Å². The predicted molar refractivity (Wildman–Crippen MR) is 104 cm³/mol. The molecule has 1 saturated heterocycles. The first kappa shape index (κ1) is 16.1. The van der Waals surface area contributed by atoms with E-state index < -0.39 is 0 Å². The van der Waals surface area contributed by atoms with Crippen molar-refractivity contribution in [2.45, 2.75) is 18.8 Å². The van der Waals surface area contributed by atoms with Gasteiger partial charge >= 0.3 is 0 Å². The number of likely N-dealkylation sites (tertiary alicyclic amines) is 1. The highest BCUT2D eigenvalue weighted by Crippen LogP contribution is 2.33. The van der Waals surface area contributed by atoms with Gasteiger partial charge in [-0.15, -0.1) is 0 Å². The van der Waals surface area contributed by atoms with Crippen LogP contribution in [0.15, 0.2) is 54.7 Å². The summed E-state index contributed by atoms with van der Waals surface area (Å²) in [6, 6.07) is 14.8. The molecular weight excluding hydrogens is 341 g/mol. The van der Waals surface area contributed by atoms with E-state index in [0.29, 0.717) is 35.6 Å². The van der Waals surface area contributed by atoms with E-state index in [4.69, 9.17) is 0 Å².